The van der Waals surface area contributed by atoms with Crippen LogP contribution in [-0.4, -0.2) is 49.6 Å². The molecular formula is C21H30IN3O3S. The molecule has 2 aromatic heterocycles. The number of likely N-dealkylation sites (tertiary alicyclic amines) is 1. The van der Waals surface area contributed by atoms with E-state index in [0.717, 1.165) is 63.6 Å². The van der Waals surface area contributed by atoms with Crippen molar-refractivity contribution >= 4 is 47.2 Å². The fraction of sp³-hybridized carbons (Fsp3) is 0.524. The third-order valence-electron chi connectivity index (χ3n) is 4.85. The van der Waals surface area contributed by atoms with Gasteiger partial charge >= 0.3 is 5.97 Å². The molecule has 8 heteroatoms. The zero-order valence-corrected chi connectivity index (χ0v) is 20.0. The number of thiophene rings is 1. The average molecular weight is 531 g/mol. The number of piperidine rings is 1. The second-order valence-electron chi connectivity index (χ2n) is 6.80. The van der Waals surface area contributed by atoms with E-state index < -0.39 is 0 Å². The van der Waals surface area contributed by atoms with Gasteiger partial charge in [0.15, 0.2) is 5.96 Å². The smallest absolute Gasteiger partial charge is 0.309 e. The third-order valence-corrected chi connectivity index (χ3v) is 5.79. The van der Waals surface area contributed by atoms with Gasteiger partial charge in [-0.2, -0.15) is 0 Å². The second-order valence-corrected chi connectivity index (χ2v) is 7.84. The Morgan fingerprint density at radius 2 is 2.14 bits per heavy atom. The predicted octanol–water partition coefficient (Wildman–Crippen LogP) is 3.97. The van der Waals surface area contributed by atoms with Crippen molar-refractivity contribution in [3.05, 3.63) is 46.5 Å². The molecule has 0 radical (unpaired) electrons. The lowest BCUT2D eigenvalue weighted by atomic mass is 9.97. The highest BCUT2D eigenvalue weighted by Gasteiger charge is 2.27. The zero-order chi connectivity index (χ0) is 19.6. The number of nitrogens with zero attached hydrogens (tertiary/aromatic N) is 2. The average Bonchev–Trinajstić information content (AvgIpc) is 3.41. The van der Waals surface area contributed by atoms with Gasteiger partial charge in [-0.25, -0.2) is 0 Å². The number of carbonyl (C=O) groups is 1. The van der Waals surface area contributed by atoms with E-state index in [0.29, 0.717) is 6.61 Å². The van der Waals surface area contributed by atoms with Crippen LogP contribution in [0.4, 0.5) is 0 Å². The molecule has 0 unspecified atom stereocenters. The Hall–Kier alpha value is -1.55. The molecule has 1 fully saturated rings. The Kier molecular flexibility index (Phi) is 10.5. The lowest BCUT2D eigenvalue weighted by Crippen LogP contribution is -2.47. The summed E-state index contributed by atoms with van der Waals surface area (Å²) in [6.45, 7) is 5.45. The molecule has 3 heterocycles. The molecule has 1 aliphatic heterocycles. The van der Waals surface area contributed by atoms with E-state index in [1.807, 2.05) is 19.1 Å². The highest BCUT2D eigenvalue weighted by Crippen LogP contribution is 2.19. The summed E-state index contributed by atoms with van der Waals surface area (Å²) in [5.74, 6) is 1.83. The lowest BCUT2D eigenvalue weighted by molar-refractivity contribution is -0.149. The van der Waals surface area contributed by atoms with Crippen LogP contribution < -0.4 is 5.32 Å². The Balaban J connectivity index is 0.00000300. The topological polar surface area (TPSA) is 67.1 Å². The van der Waals surface area contributed by atoms with E-state index in [2.05, 4.69) is 27.7 Å². The van der Waals surface area contributed by atoms with Gasteiger partial charge in [-0.15, -0.1) is 35.3 Å². The molecule has 2 aromatic rings. The van der Waals surface area contributed by atoms with Gasteiger partial charge in [-0.1, -0.05) is 6.07 Å². The van der Waals surface area contributed by atoms with E-state index in [1.165, 1.54) is 4.88 Å². The minimum atomic E-state index is -0.0656. The molecule has 0 aromatic carbocycles. The Bertz CT molecular complexity index is 726. The van der Waals surface area contributed by atoms with Gasteiger partial charge in [0.1, 0.15) is 5.76 Å². The fourth-order valence-corrected chi connectivity index (χ4v) is 4.03. The molecule has 1 saturated heterocycles. The first-order valence-corrected chi connectivity index (χ1v) is 10.9. The second kappa shape index (κ2) is 12.9. The number of rotatable bonds is 8. The molecule has 0 spiro atoms. The Morgan fingerprint density at radius 3 is 2.79 bits per heavy atom. The van der Waals surface area contributed by atoms with Crippen molar-refractivity contribution in [3.63, 3.8) is 0 Å². The van der Waals surface area contributed by atoms with Crippen molar-refractivity contribution in [2.75, 3.05) is 32.8 Å². The molecule has 6 nitrogen and oxygen atoms in total. The van der Waals surface area contributed by atoms with Crippen molar-refractivity contribution < 1.29 is 13.9 Å². The number of ether oxygens (including phenoxy) is 1. The van der Waals surface area contributed by atoms with Crippen LogP contribution in [0.3, 0.4) is 0 Å². The van der Waals surface area contributed by atoms with Crippen LogP contribution in [-0.2, 0) is 22.4 Å². The molecule has 0 aliphatic carbocycles. The van der Waals surface area contributed by atoms with Crippen LogP contribution in [0.5, 0.6) is 0 Å². The lowest BCUT2D eigenvalue weighted by Gasteiger charge is -2.33. The number of nitrogens with one attached hydrogen (secondary N) is 1. The largest absolute Gasteiger partial charge is 0.469 e. The summed E-state index contributed by atoms with van der Waals surface area (Å²) >= 11 is 1.77. The number of hydrogen-bond donors (Lipinski definition) is 1. The van der Waals surface area contributed by atoms with E-state index >= 15 is 0 Å². The normalized spacial score (nSPS) is 15.1. The molecule has 1 N–H and O–H groups in total. The molecule has 1 aliphatic rings. The van der Waals surface area contributed by atoms with Gasteiger partial charge in [-0.3, -0.25) is 9.79 Å². The molecular weight excluding hydrogens is 501 g/mol. The van der Waals surface area contributed by atoms with Crippen LogP contribution in [0.2, 0.25) is 0 Å². The van der Waals surface area contributed by atoms with Crippen LogP contribution in [0.25, 0.3) is 0 Å². The van der Waals surface area contributed by atoms with Crippen molar-refractivity contribution in [1.29, 1.82) is 0 Å². The van der Waals surface area contributed by atoms with Crippen molar-refractivity contribution in [2.45, 2.75) is 32.6 Å². The minimum Gasteiger partial charge on any atom is -0.469 e. The number of esters is 1. The van der Waals surface area contributed by atoms with Crippen LogP contribution >= 0.6 is 35.3 Å². The summed E-state index contributed by atoms with van der Waals surface area (Å²) in [6.07, 6.45) is 5.08. The van der Waals surface area contributed by atoms with Gasteiger partial charge in [-0.05, 0) is 43.3 Å². The van der Waals surface area contributed by atoms with Crippen LogP contribution in [0.15, 0.2) is 45.3 Å². The minimum absolute atomic E-state index is 0. The molecule has 3 rings (SSSR count). The van der Waals surface area contributed by atoms with E-state index in [-0.39, 0.29) is 35.9 Å². The number of guanidine groups is 1. The summed E-state index contributed by atoms with van der Waals surface area (Å²) < 4.78 is 10.6. The van der Waals surface area contributed by atoms with Gasteiger partial charge in [0, 0.05) is 43.9 Å². The molecule has 0 atom stereocenters. The van der Waals surface area contributed by atoms with Crippen molar-refractivity contribution in [3.8, 4) is 0 Å². The zero-order valence-electron chi connectivity index (χ0n) is 16.8. The fourth-order valence-electron chi connectivity index (χ4n) is 3.33. The summed E-state index contributed by atoms with van der Waals surface area (Å²) in [5, 5.41) is 5.58. The highest BCUT2D eigenvalue weighted by atomic mass is 127. The Morgan fingerprint density at radius 1 is 1.31 bits per heavy atom. The summed E-state index contributed by atoms with van der Waals surface area (Å²) in [4.78, 5) is 20.4. The maximum Gasteiger partial charge on any atom is 0.309 e. The maximum absolute atomic E-state index is 12.0. The number of furan rings is 1. The number of hydrogen-bond acceptors (Lipinski definition) is 5. The van der Waals surface area contributed by atoms with E-state index in [9.17, 15) is 4.79 Å². The van der Waals surface area contributed by atoms with Crippen molar-refractivity contribution in [1.82, 2.24) is 10.2 Å². The molecule has 0 bridgehead atoms. The monoisotopic (exact) mass is 531 g/mol. The SMILES string of the molecule is CCOC(=O)C1CCN(C(=NCCc2cccs2)NCCc2ccco2)CC1.I. The summed E-state index contributed by atoms with van der Waals surface area (Å²) in [5.41, 5.74) is 0. The first kappa shape index (κ1) is 23.7. The molecule has 160 valence electrons. The van der Waals surface area contributed by atoms with E-state index in [1.54, 1.807) is 17.6 Å². The Labute approximate surface area is 193 Å². The van der Waals surface area contributed by atoms with Gasteiger partial charge in [0.25, 0.3) is 0 Å². The molecule has 0 amide bonds. The summed E-state index contributed by atoms with van der Waals surface area (Å²) in [6, 6.07) is 8.12. The maximum atomic E-state index is 12.0. The number of halogens is 1. The first-order chi connectivity index (χ1) is 13.8. The number of aliphatic imine (C=N–C) groups is 1. The predicted molar refractivity (Wildman–Crippen MR) is 127 cm³/mol. The van der Waals surface area contributed by atoms with Crippen LogP contribution in [0, 0.1) is 5.92 Å². The van der Waals surface area contributed by atoms with Gasteiger partial charge in [0.2, 0.25) is 0 Å². The molecule has 29 heavy (non-hydrogen) atoms. The quantitative estimate of drug-likeness (QED) is 0.242. The highest BCUT2D eigenvalue weighted by molar-refractivity contribution is 14.0. The van der Waals surface area contributed by atoms with Gasteiger partial charge < -0.3 is 19.4 Å². The van der Waals surface area contributed by atoms with Crippen molar-refractivity contribution in [2.24, 2.45) is 10.9 Å². The standard InChI is InChI=1S/C21H29N3O3S.HI/c1-2-26-20(25)17-9-13-24(14-10-17)21(22-11-7-18-5-3-15-27-18)23-12-8-19-6-4-16-28-19;/h3-6,15-17H,2,7-14H2,1H3,(H,22,23);1H. The molecule has 0 saturated carbocycles. The van der Waals surface area contributed by atoms with Gasteiger partial charge in [0.05, 0.1) is 18.8 Å². The first-order valence-electron chi connectivity index (χ1n) is 10.0. The van der Waals surface area contributed by atoms with E-state index in [4.69, 9.17) is 14.1 Å². The van der Waals surface area contributed by atoms with Crippen LogP contribution in [0.1, 0.15) is 30.4 Å². The summed E-state index contributed by atoms with van der Waals surface area (Å²) in [7, 11) is 0. The third kappa shape index (κ3) is 7.65. The number of carbonyl (C=O) groups excluding carboxylic acids is 1.